The lowest BCUT2D eigenvalue weighted by Crippen LogP contribution is -2.17. The highest BCUT2D eigenvalue weighted by Gasteiger charge is 2.50. The summed E-state index contributed by atoms with van der Waals surface area (Å²) in [5.41, 5.74) is 1.65. The van der Waals surface area contributed by atoms with E-state index in [1.54, 1.807) is 12.1 Å². The molecule has 1 saturated heterocycles. The Labute approximate surface area is 151 Å². The van der Waals surface area contributed by atoms with E-state index in [0.29, 0.717) is 5.56 Å². The summed E-state index contributed by atoms with van der Waals surface area (Å²) >= 11 is 0. The Hall–Kier alpha value is -2.03. The molecule has 4 rings (SSSR count). The number of sulfonamides is 1. The summed E-state index contributed by atoms with van der Waals surface area (Å²) in [5.74, 6) is 0. The SMILES string of the molecule is Cc1ccc(S(=O)(=O)N2C[C@H]2[C@@H](F)c2ccc3c(c2)C=CS3(=O)=O)cc1. The number of nitrogens with zero attached hydrogens (tertiary/aromatic N) is 1. The molecule has 0 saturated carbocycles. The highest BCUT2D eigenvalue weighted by Crippen LogP contribution is 2.40. The Morgan fingerprint density at radius 2 is 1.85 bits per heavy atom. The van der Waals surface area contributed by atoms with Crippen LogP contribution in [0.1, 0.15) is 22.9 Å². The summed E-state index contributed by atoms with van der Waals surface area (Å²) in [7, 11) is -7.17. The van der Waals surface area contributed by atoms with Crippen molar-refractivity contribution in [3.63, 3.8) is 0 Å². The lowest BCUT2D eigenvalue weighted by Gasteiger charge is -2.11. The van der Waals surface area contributed by atoms with Crippen LogP contribution in [0.2, 0.25) is 0 Å². The number of aryl methyl sites for hydroxylation is 1. The predicted octanol–water partition coefficient (Wildman–Crippen LogP) is 2.84. The largest absolute Gasteiger partial charge is 0.243 e. The van der Waals surface area contributed by atoms with E-state index in [2.05, 4.69) is 0 Å². The molecule has 2 aliphatic heterocycles. The highest BCUT2D eigenvalue weighted by atomic mass is 32.2. The van der Waals surface area contributed by atoms with Gasteiger partial charge in [0.2, 0.25) is 10.0 Å². The van der Waals surface area contributed by atoms with Crippen LogP contribution in [0, 0.1) is 6.92 Å². The van der Waals surface area contributed by atoms with Gasteiger partial charge in [0, 0.05) is 12.0 Å². The van der Waals surface area contributed by atoms with Crippen molar-refractivity contribution in [2.45, 2.75) is 28.9 Å². The quantitative estimate of drug-likeness (QED) is 0.749. The number of hydrogen-bond acceptors (Lipinski definition) is 4. The van der Waals surface area contributed by atoms with Crippen LogP contribution < -0.4 is 0 Å². The fourth-order valence-electron chi connectivity index (χ4n) is 3.08. The van der Waals surface area contributed by atoms with Crippen molar-refractivity contribution >= 4 is 25.9 Å². The molecule has 0 radical (unpaired) electrons. The van der Waals surface area contributed by atoms with Gasteiger partial charge >= 0.3 is 0 Å². The smallest absolute Gasteiger partial charge is 0.240 e. The van der Waals surface area contributed by atoms with E-state index < -0.39 is 32.1 Å². The zero-order chi connectivity index (χ0) is 18.7. The van der Waals surface area contributed by atoms with E-state index in [1.807, 2.05) is 6.92 Å². The molecular formula is C18H16FNO4S2. The van der Waals surface area contributed by atoms with Crippen LogP contribution in [0.5, 0.6) is 0 Å². The van der Waals surface area contributed by atoms with E-state index >= 15 is 0 Å². The summed E-state index contributed by atoms with van der Waals surface area (Å²) in [4.78, 5) is 0.286. The van der Waals surface area contributed by atoms with Crippen molar-refractivity contribution < 1.29 is 21.2 Å². The van der Waals surface area contributed by atoms with Crippen molar-refractivity contribution in [3.8, 4) is 0 Å². The molecule has 26 heavy (non-hydrogen) atoms. The molecule has 3 atom stereocenters. The van der Waals surface area contributed by atoms with Gasteiger partial charge in [0.05, 0.1) is 15.8 Å². The molecular weight excluding hydrogens is 377 g/mol. The summed E-state index contributed by atoms with van der Waals surface area (Å²) < 4.78 is 64.7. The molecule has 0 amide bonds. The number of hydrogen-bond donors (Lipinski definition) is 0. The number of rotatable bonds is 4. The van der Waals surface area contributed by atoms with E-state index in [9.17, 15) is 21.2 Å². The maximum absolute atomic E-state index is 14.9. The molecule has 0 bridgehead atoms. The van der Waals surface area contributed by atoms with Crippen LogP contribution in [0.3, 0.4) is 0 Å². The van der Waals surface area contributed by atoms with Crippen LogP contribution >= 0.6 is 0 Å². The van der Waals surface area contributed by atoms with Gasteiger partial charge in [0.25, 0.3) is 0 Å². The zero-order valence-corrected chi connectivity index (χ0v) is 15.5. The first-order chi connectivity index (χ1) is 12.2. The van der Waals surface area contributed by atoms with Crippen molar-refractivity contribution in [2.75, 3.05) is 6.54 Å². The normalized spacial score (nSPS) is 24.2. The van der Waals surface area contributed by atoms with Crippen molar-refractivity contribution in [3.05, 3.63) is 64.6 Å². The van der Waals surface area contributed by atoms with Gasteiger partial charge in [0.1, 0.15) is 6.17 Å². The van der Waals surface area contributed by atoms with Gasteiger partial charge in [0.15, 0.2) is 9.84 Å². The van der Waals surface area contributed by atoms with Gasteiger partial charge in [-0.15, -0.1) is 0 Å². The third-order valence-electron chi connectivity index (χ3n) is 4.65. The molecule has 0 N–H and O–H groups in total. The predicted molar refractivity (Wildman–Crippen MR) is 95.4 cm³/mol. The fourth-order valence-corrected chi connectivity index (χ4v) is 5.83. The molecule has 0 spiro atoms. The van der Waals surface area contributed by atoms with E-state index in [-0.39, 0.29) is 21.9 Å². The van der Waals surface area contributed by atoms with Crippen LogP contribution in [0.15, 0.2) is 57.7 Å². The maximum Gasteiger partial charge on any atom is 0.243 e. The van der Waals surface area contributed by atoms with Gasteiger partial charge in [-0.1, -0.05) is 23.8 Å². The Balaban J connectivity index is 1.57. The third-order valence-corrected chi connectivity index (χ3v) is 8.04. The first-order valence-electron chi connectivity index (χ1n) is 8.00. The number of fused-ring (bicyclic) bond motifs is 1. The minimum Gasteiger partial charge on any atom is -0.240 e. The second kappa shape index (κ2) is 5.73. The van der Waals surface area contributed by atoms with E-state index in [1.165, 1.54) is 36.4 Å². The lowest BCUT2D eigenvalue weighted by molar-refractivity contribution is 0.321. The molecule has 2 aliphatic rings. The molecule has 0 aromatic heterocycles. The van der Waals surface area contributed by atoms with Gasteiger partial charge < -0.3 is 0 Å². The Morgan fingerprint density at radius 1 is 1.15 bits per heavy atom. The number of halogens is 1. The molecule has 0 aliphatic carbocycles. The molecule has 8 heteroatoms. The summed E-state index contributed by atoms with van der Waals surface area (Å²) in [6.45, 7) is 1.96. The Morgan fingerprint density at radius 3 is 2.54 bits per heavy atom. The number of sulfone groups is 1. The van der Waals surface area contributed by atoms with Gasteiger partial charge in [-0.3, -0.25) is 0 Å². The van der Waals surface area contributed by atoms with Crippen molar-refractivity contribution in [1.82, 2.24) is 4.31 Å². The number of alkyl halides is 1. The minimum absolute atomic E-state index is 0.0998. The molecule has 2 heterocycles. The minimum atomic E-state index is -3.73. The molecule has 1 fully saturated rings. The fraction of sp³-hybridized carbons (Fsp3) is 0.222. The van der Waals surface area contributed by atoms with E-state index in [0.717, 1.165) is 15.3 Å². The highest BCUT2D eigenvalue weighted by molar-refractivity contribution is 7.94. The Kier molecular flexibility index (Phi) is 3.83. The first kappa shape index (κ1) is 17.4. The monoisotopic (exact) mass is 393 g/mol. The summed E-state index contributed by atoms with van der Waals surface area (Å²) in [5, 5.41) is 1.08. The van der Waals surface area contributed by atoms with E-state index in [4.69, 9.17) is 0 Å². The Bertz CT molecular complexity index is 1120. The topological polar surface area (TPSA) is 71.3 Å². The van der Waals surface area contributed by atoms with Crippen LogP contribution in [0.25, 0.3) is 6.08 Å². The van der Waals surface area contributed by atoms with Gasteiger partial charge in [-0.25, -0.2) is 21.2 Å². The average Bonchev–Trinajstić information content (AvgIpc) is 3.35. The second-order valence-electron chi connectivity index (χ2n) is 6.50. The molecule has 136 valence electrons. The van der Waals surface area contributed by atoms with Gasteiger partial charge in [-0.2, -0.15) is 4.31 Å². The van der Waals surface area contributed by atoms with Crippen molar-refractivity contribution in [2.24, 2.45) is 0 Å². The maximum atomic E-state index is 14.9. The standard InChI is InChI=1S/C18H16FNO4S2/c1-12-2-5-15(6-3-12)26(23,24)20-11-16(20)18(19)14-4-7-17-13(10-14)8-9-25(17,21)22/h2-10,16,18H,11H2,1H3/t16-,18-,20?/m0/s1. The average molecular weight is 393 g/mol. The second-order valence-corrected chi connectivity index (χ2v) is 10.2. The van der Waals surface area contributed by atoms with Crippen molar-refractivity contribution in [1.29, 1.82) is 0 Å². The van der Waals surface area contributed by atoms with Crippen LogP contribution in [-0.2, 0) is 19.9 Å². The third kappa shape index (κ3) is 2.78. The number of benzene rings is 2. The lowest BCUT2D eigenvalue weighted by atomic mass is 10.0. The zero-order valence-electron chi connectivity index (χ0n) is 13.8. The van der Waals surface area contributed by atoms with Crippen LogP contribution in [0.4, 0.5) is 4.39 Å². The summed E-state index contributed by atoms with van der Waals surface area (Å²) in [6, 6.07) is 9.89. The van der Waals surface area contributed by atoms with Crippen LogP contribution in [-0.4, -0.2) is 33.7 Å². The molecule has 5 nitrogen and oxygen atoms in total. The molecule has 2 aromatic rings. The molecule has 1 unspecified atom stereocenters. The first-order valence-corrected chi connectivity index (χ1v) is 11.0. The molecule has 2 aromatic carbocycles. The summed E-state index contributed by atoms with van der Waals surface area (Å²) in [6.07, 6.45) is -0.0913. The van der Waals surface area contributed by atoms with Gasteiger partial charge in [-0.05, 0) is 48.4 Å².